The number of ether oxygens (including phenoxy) is 1. The molecular formula is C27H38N2O6S. The van der Waals surface area contributed by atoms with Crippen LogP contribution in [0.3, 0.4) is 0 Å². The molecule has 8 nitrogen and oxygen atoms in total. The summed E-state index contributed by atoms with van der Waals surface area (Å²) in [4.78, 5) is 22.7. The second kappa shape index (κ2) is 15.8. The number of unbranched alkanes of at least 4 members (excludes halogenated alkanes) is 8. The van der Waals surface area contributed by atoms with Crippen molar-refractivity contribution in [2.75, 3.05) is 22.3 Å². The number of hydrogen-bond donors (Lipinski definition) is 3. The van der Waals surface area contributed by atoms with E-state index in [0.29, 0.717) is 17.7 Å². The second-order valence-electron chi connectivity index (χ2n) is 8.86. The molecule has 0 fully saturated rings. The number of esters is 1. The van der Waals surface area contributed by atoms with Crippen molar-refractivity contribution in [3.05, 3.63) is 60.2 Å². The molecule has 1 atom stereocenters. The second-order valence-corrected chi connectivity index (χ2v) is 10.7. The van der Waals surface area contributed by atoms with Gasteiger partial charge in [-0.05, 0) is 56.2 Å². The number of benzene rings is 2. The van der Waals surface area contributed by atoms with Crippen LogP contribution in [0.2, 0.25) is 0 Å². The number of carbonyl (C=O) groups is 2. The zero-order chi connectivity index (χ0) is 26.2. The average molecular weight is 519 g/mol. The summed E-state index contributed by atoms with van der Waals surface area (Å²) in [6.45, 7) is 2.16. The minimum atomic E-state index is -3.27. The molecule has 0 saturated carbocycles. The molecule has 2 rings (SSSR count). The molecule has 2 aromatic carbocycles. The average Bonchev–Trinajstić information content (AvgIpc) is 2.85. The lowest BCUT2D eigenvalue weighted by atomic mass is 10.1. The maximum absolute atomic E-state index is 12.1. The van der Waals surface area contributed by atoms with Crippen molar-refractivity contribution < 1.29 is 27.9 Å². The monoisotopic (exact) mass is 518 g/mol. The first-order chi connectivity index (χ1) is 17.3. The lowest BCUT2D eigenvalue weighted by Gasteiger charge is -2.10. The van der Waals surface area contributed by atoms with E-state index in [0.717, 1.165) is 44.3 Å². The topological polar surface area (TPSA) is 122 Å². The highest BCUT2D eigenvalue weighted by atomic mass is 32.2. The predicted octanol–water partition coefficient (Wildman–Crippen LogP) is 5.68. The van der Waals surface area contributed by atoms with Gasteiger partial charge in [-0.25, -0.2) is 18.0 Å². The SMILES string of the molecule is CC(OC(=O)c1ccc(NCCCCCCCCCCCS(=O)(=O)Nc2ccccc2)cc1)C(=O)O. The summed E-state index contributed by atoms with van der Waals surface area (Å²) < 4.78 is 31.7. The van der Waals surface area contributed by atoms with Crippen LogP contribution < -0.4 is 10.0 Å². The summed E-state index contributed by atoms with van der Waals surface area (Å²) in [7, 11) is -3.27. The van der Waals surface area contributed by atoms with E-state index >= 15 is 0 Å². The van der Waals surface area contributed by atoms with Gasteiger partial charge in [0.15, 0.2) is 6.10 Å². The first kappa shape index (κ1) is 29.2. The Morgan fingerprint density at radius 2 is 1.36 bits per heavy atom. The fourth-order valence-electron chi connectivity index (χ4n) is 3.63. The zero-order valence-corrected chi connectivity index (χ0v) is 21.8. The fraction of sp³-hybridized carbons (Fsp3) is 0.481. The van der Waals surface area contributed by atoms with Gasteiger partial charge in [-0.15, -0.1) is 0 Å². The summed E-state index contributed by atoms with van der Waals surface area (Å²) in [5, 5.41) is 12.1. The number of carboxylic acid groups (broad SMARTS) is 1. The van der Waals surface area contributed by atoms with E-state index in [-0.39, 0.29) is 5.75 Å². The van der Waals surface area contributed by atoms with Crippen molar-refractivity contribution in [3.63, 3.8) is 0 Å². The lowest BCUT2D eigenvalue weighted by molar-refractivity contribution is -0.146. The Balaban J connectivity index is 1.45. The van der Waals surface area contributed by atoms with Gasteiger partial charge < -0.3 is 15.2 Å². The smallest absolute Gasteiger partial charge is 0.344 e. The van der Waals surface area contributed by atoms with E-state index in [1.54, 1.807) is 36.4 Å². The number of rotatable bonds is 18. The van der Waals surface area contributed by atoms with Crippen LogP contribution in [0.4, 0.5) is 11.4 Å². The summed E-state index contributed by atoms with van der Waals surface area (Å²) in [6.07, 6.45) is 8.31. The first-order valence-electron chi connectivity index (χ1n) is 12.6. The Kier molecular flexibility index (Phi) is 12.8. The van der Waals surface area contributed by atoms with Gasteiger partial charge in [-0.1, -0.05) is 63.1 Å². The Morgan fingerprint density at radius 3 is 1.94 bits per heavy atom. The molecule has 36 heavy (non-hydrogen) atoms. The predicted molar refractivity (Wildman–Crippen MR) is 143 cm³/mol. The number of para-hydroxylation sites is 1. The Bertz CT molecular complexity index is 1030. The van der Waals surface area contributed by atoms with E-state index in [1.165, 1.54) is 26.2 Å². The molecule has 0 aliphatic carbocycles. The number of aliphatic carboxylic acids is 1. The molecule has 3 N–H and O–H groups in total. The van der Waals surface area contributed by atoms with Gasteiger partial charge in [0.05, 0.1) is 11.3 Å². The summed E-state index contributed by atoms with van der Waals surface area (Å²) in [5.74, 6) is -1.67. The highest BCUT2D eigenvalue weighted by Crippen LogP contribution is 2.14. The van der Waals surface area contributed by atoms with Crippen molar-refractivity contribution in [1.29, 1.82) is 0 Å². The third-order valence-corrected chi connectivity index (χ3v) is 7.09. The Labute approximate surface area is 214 Å². The molecule has 0 radical (unpaired) electrons. The van der Waals surface area contributed by atoms with Gasteiger partial charge in [0, 0.05) is 17.9 Å². The highest BCUT2D eigenvalue weighted by Gasteiger charge is 2.17. The quantitative estimate of drug-likeness (QED) is 0.171. The van der Waals surface area contributed by atoms with Crippen molar-refractivity contribution in [2.24, 2.45) is 0 Å². The number of hydrogen-bond acceptors (Lipinski definition) is 6. The van der Waals surface area contributed by atoms with E-state index in [4.69, 9.17) is 9.84 Å². The molecule has 0 aromatic heterocycles. The van der Waals surface area contributed by atoms with Gasteiger partial charge >= 0.3 is 11.9 Å². The van der Waals surface area contributed by atoms with Gasteiger partial charge in [0.1, 0.15) is 0 Å². The fourth-order valence-corrected chi connectivity index (χ4v) is 4.81. The molecular weight excluding hydrogens is 480 g/mol. The van der Waals surface area contributed by atoms with Crippen LogP contribution in [-0.2, 0) is 19.6 Å². The zero-order valence-electron chi connectivity index (χ0n) is 20.9. The minimum Gasteiger partial charge on any atom is -0.479 e. The molecule has 9 heteroatoms. The molecule has 198 valence electrons. The van der Waals surface area contributed by atoms with Crippen molar-refractivity contribution in [3.8, 4) is 0 Å². The number of anilines is 2. The van der Waals surface area contributed by atoms with E-state index < -0.39 is 28.1 Å². The number of sulfonamides is 1. The number of carboxylic acids is 1. The van der Waals surface area contributed by atoms with Crippen LogP contribution in [0.15, 0.2) is 54.6 Å². The van der Waals surface area contributed by atoms with Crippen LogP contribution in [0, 0.1) is 0 Å². The molecule has 1 unspecified atom stereocenters. The molecule has 0 aliphatic heterocycles. The number of carbonyl (C=O) groups excluding carboxylic acids is 1. The Morgan fingerprint density at radius 1 is 0.806 bits per heavy atom. The Hall–Kier alpha value is -3.07. The normalized spacial score (nSPS) is 12.0. The van der Waals surface area contributed by atoms with Crippen molar-refractivity contribution >= 4 is 33.3 Å². The maximum atomic E-state index is 12.1. The van der Waals surface area contributed by atoms with Gasteiger partial charge in [-0.3, -0.25) is 4.72 Å². The molecule has 0 heterocycles. The lowest BCUT2D eigenvalue weighted by Crippen LogP contribution is -2.23. The minimum absolute atomic E-state index is 0.158. The molecule has 0 spiro atoms. The summed E-state index contributed by atoms with van der Waals surface area (Å²) in [6, 6.07) is 15.8. The molecule has 0 bridgehead atoms. The van der Waals surface area contributed by atoms with Crippen molar-refractivity contribution in [2.45, 2.75) is 70.8 Å². The van der Waals surface area contributed by atoms with Crippen molar-refractivity contribution in [1.82, 2.24) is 0 Å². The summed E-state index contributed by atoms with van der Waals surface area (Å²) >= 11 is 0. The van der Waals surface area contributed by atoms with E-state index in [1.807, 2.05) is 18.2 Å². The van der Waals surface area contributed by atoms with Gasteiger partial charge in [-0.2, -0.15) is 0 Å². The van der Waals surface area contributed by atoms with E-state index in [2.05, 4.69) is 10.0 Å². The molecule has 0 amide bonds. The third kappa shape index (κ3) is 12.1. The third-order valence-electron chi connectivity index (χ3n) is 5.72. The number of nitrogens with one attached hydrogen (secondary N) is 2. The van der Waals surface area contributed by atoms with Gasteiger partial charge in [0.25, 0.3) is 0 Å². The van der Waals surface area contributed by atoms with Gasteiger partial charge in [0.2, 0.25) is 10.0 Å². The molecule has 0 aliphatic rings. The standard InChI is InChI=1S/C27H38N2O6S/c1-22(26(30)31)35-27(32)23-16-18-24(19-17-23)28-20-12-7-5-3-2-4-6-8-13-21-36(33,34)29-25-14-10-9-11-15-25/h9-11,14-19,22,28-29H,2-8,12-13,20-21H2,1H3,(H,30,31). The van der Waals surface area contributed by atoms with Crippen LogP contribution in [0.25, 0.3) is 0 Å². The van der Waals surface area contributed by atoms with Crippen LogP contribution in [-0.4, -0.2) is 43.9 Å². The molecule has 2 aromatic rings. The molecule has 0 saturated heterocycles. The maximum Gasteiger partial charge on any atom is 0.344 e. The highest BCUT2D eigenvalue weighted by molar-refractivity contribution is 7.92. The van der Waals surface area contributed by atoms with Crippen LogP contribution in [0.5, 0.6) is 0 Å². The summed E-state index contributed by atoms with van der Waals surface area (Å²) in [5.41, 5.74) is 1.83. The van der Waals surface area contributed by atoms with Crippen LogP contribution >= 0.6 is 0 Å². The first-order valence-corrected chi connectivity index (χ1v) is 14.3. The largest absolute Gasteiger partial charge is 0.479 e. The van der Waals surface area contributed by atoms with E-state index in [9.17, 15) is 18.0 Å². The van der Waals surface area contributed by atoms with Crippen LogP contribution in [0.1, 0.15) is 75.1 Å².